The zero-order valence-electron chi connectivity index (χ0n) is 13.1. The van der Waals surface area contributed by atoms with E-state index in [1.54, 1.807) is 24.3 Å². The minimum absolute atomic E-state index is 0.139. The van der Waals surface area contributed by atoms with Crippen LogP contribution in [0, 0.1) is 0 Å². The molecule has 0 spiro atoms. The molecule has 1 aromatic heterocycles. The third-order valence-corrected chi connectivity index (χ3v) is 4.14. The van der Waals surface area contributed by atoms with E-state index in [1.807, 2.05) is 24.3 Å². The van der Waals surface area contributed by atoms with E-state index in [0.717, 1.165) is 11.3 Å². The summed E-state index contributed by atoms with van der Waals surface area (Å²) in [5.74, 6) is -0.852. The fourth-order valence-corrected chi connectivity index (χ4v) is 2.98. The van der Waals surface area contributed by atoms with Crippen molar-refractivity contribution in [1.82, 2.24) is 4.98 Å². The summed E-state index contributed by atoms with van der Waals surface area (Å²) in [5.41, 5.74) is 2.53. The molecule has 0 radical (unpaired) electrons. The molecule has 0 fully saturated rings. The maximum atomic E-state index is 12.2. The largest absolute Gasteiger partial charge is 0.493 e. The number of H-pyrrole nitrogens is 1. The van der Waals surface area contributed by atoms with Crippen molar-refractivity contribution in [3.63, 3.8) is 0 Å². The first-order valence-corrected chi connectivity index (χ1v) is 7.76. The summed E-state index contributed by atoms with van der Waals surface area (Å²) < 4.78 is 0. The molecule has 7 nitrogen and oxygen atoms in total. The lowest BCUT2D eigenvalue weighted by Gasteiger charge is -2.14. The van der Waals surface area contributed by atoms with Gasteiger partial charge in [0.05, 0.1) is 11.9 Å². The summed E-state index contributed by atoms with van der Waals surface area (Å²) in [6.45, 7) is -0.178. The quantitative estimate of drug-likeness (QED) is 0.720. The van der Waals surface area contributed by atoms with E-state index in [2.05, 4.69) is 15.2 Å². The van der Waals surface area contributed by atoms with Gasteiger partial charge in [-0.3, -0.25) is 9.59 Å². The van der Waals surface area contributed by atoms with Crippen molar-refractivity contribution in [1.29, 1.82) is 0 Å². The summed E-state index contributed by atoms with van der Waals surface area (Å²) in [6, 6.07) is 14.5. The summed E-state index contributed by atoms with van der Waals surface area (Å²) in [4.78, 5) is 28.4. The lowest BCUT2D eigenvalue weighted by molar-refractivity contribution is -0.121. The second kappa shape index (κ2) is 5.86. The maximum absolute atomic E-state index is 12.2. The number of azo groups is 1. The average molecular weight is 334 g/mol. The molecule has 7 heteroatoms. The molecule has 0 aliphatic carbocycles. The van der Waals surface area contributed by atoms with E-state index in [-0.39, 0.29) is 30.4 Å². The molecule has 0 saturated carbocycles. The van der Waals surface area contributed by atoms with Gasteiger partial charge in [-0.1, -0.05) is 36.4 Å². The number of carbonyl (C=O) groups excluding carboxylic acids is 2. The van der Waals surface area contributed by atoms with Gasteiger partial charge in [-0.05, 0) is 17.7 Å². The number of benzene rings is 2. The van der Waals surface area contributed by atoms with E-state index in [4.69, 9.17) is 0 Å². The molecule has 1 aliphatic heterocycles. The number of amides is 2. The third-order valence-electron chi connectivity index (χ3n) is 4.14. The highest BCUT2D eigenvalue weighted by Gasteiger charge is 2.28. The Hall–Kier alpha value is -3.48. The summed E-state index contributed by atoms with van der Waals surface area (Å²) in [6.07, 6.45) is 0.282. The Morgan fingerprint density at radius 3 is 2.80 bits per heavy atom. The topological polar surface area (TPSA) is 98.1 Å². The molecule has 3 aromatic rings. The Morgan fingerprint density at radius 1 is 1.16 bits per heavy atom. The van der Waals surface area contributed by atoms with E-state index in [0.29, 0.717) is 10.9 Å². The van der Waals surface area contributed by atoms with Gasteiger partial charge in [0.1, 0.15) is 6.54 Å². The van der Waals surface area contributed by atoms with Crippen LogP contribution >= 0.6 is 0 Å². The van der Waals surface area contributed by atoms with Crippen molar-refractivity contribution in [2.75, 3.05) is 11.4 Å². The highest BCUT2D eigenvalue weighted by Crippen LogP contribution is 2.35. The molecule has 0 bridgehead atoms. The molecular formula is C18H14N4O3. The minimum Gasteiger partial charge on any atom is -0.493 e. The Morgan fingerprint density at radius 2 is 1.92 bits per heavy atom. The van der Waals surface area contributed by atoms with E-state index >= 15 is 0 Å². The smallest absolute Gasteiger partial charge is 0.284 e. The number of fused-ring (bicyclic) bond motifs is 2. The van der Waals surface area contributed by atoms with Crippen LogP contribution in [0.2, 0.25) is 0 Å². The number of hydrogen-bond donors (Lipinski definition) is 2. The summed E-state index contributed by atoms with van der Waals surface area (Å²) in [5, 5.41) is 18.1. The van der Waals surface area contributed by atoms with Crippen LogP contribution in [0.25, 0.3) is 10.9 Å². The fourth-order valence-electron chi connectivity index (χ4n) is 2.98. The van der Waals surface area contributed by atoms with Crippen LogP contribution in [0.15, 0.2) is 58.8 Å². The summed E-state index contributed by atoms with van der Waals surface area (Å²) in [7, 11) is 0. The number of nitrogens with one attached hydrogen (secondary N) is 1. The number of hydrogen-bond acceptors (Lipinski definition) is 4. The van der Waals surface area contributed by atoms with Gasteiger partial charge in [0, 0.05) is 11.1 Å². The minimum atomic E-state index is -0.560. The van der Waals surface area contributed by atoms with Gasteiger partial charge in [0.15, 0.2) is 5.69 Å². The van der Waals surface area contributed by atoms with E-state index in [9.17, 15) is 14.7 Å². The number of carbonyl (C=O) groups is 2. The van der Waals surface area contributed by atoms with Gasteiger partial charge < -0.3 is 15.0 Å². The zero-order valence-corrected chi connectivity index (χ0v) is 13.1. The van der Waals surface area contributed by atoms with Gasteiger partial charge in [0.25, 0.3) is 5.91 Å². The Kier molecular flexibility index (Phi) is 3.53. The maximum Gasteiger partial charge on any atom is 0.284 e. The predicted molar refractivity (Wildman–Crippen MR) is 92.0 cm³/mol. The molecule has 2 aromatic carbocycles. The van der Waals surface area contributed by atoms with Crippen molar-refractivity contribution in [3.05, 3.63) is 54.1 Å². The van der Waals surface area contributed by atoms with Gasteiger partial charge in [-0.2, -0.15) is 0 Å². The molecule has 2 amide bonds. The fraction of sp³-hybridized carbons (Fsp3) is 0.111. The molecule has 25 heavy (non-hydrogen) atoms. The van der Waals surface area contributed by atoms with Crippen LogP contribution in [0.5, 0.6) is 5.88 Å². The van der Waals surface area contributed by atoms with Crippen molar-refractivity contribution >= 4 is 34.1 Å². The van der Waals surface area contributed by atoms with Crippen LogP contribution in [0.1, 0.15) is 5.56 Å². The summed E-state index contributed by atoms with van der Waals surface area (Å²) >= 11 is 0. The van der Waals surface area contributed by atoms with Crippen molar-refractivity contribution in [2.45, 2.75) is 6.42 Å². The van der Waals surface area contributed by atoms with Crippen molar-refractivity contribution in [2.24, 2.45) is 10.2 Å². The number of aromatic amines is 1. The first-order valence-electron chi connectivity index (χ1n) is 7.76. The third kappa shape index (κ3) is 2.65. The molecule has 0 unspecified atom stereocenters. The van der Waals surface area contributed by atoms with E-state index in [1.165, 1.54) is 4.90 Å². The lowest BCUT2D eigenvalue weighted by Crippen LogP contribution is -2.31. The first kappa shape index (κ1) is 15.1. The Bertz CT molecular complexity index is 1020. The number of para-hydroxylation sites is 2. The predicted octanol–water partition coefficient (Wildman–Crippen LogP) is 3.07. The van der Waals surface area contributed by atoms with Gasteiger partial charge in [0.2, 0.25) is 11.8 Å². The van der Waals surface area contributed by atoms with Gasteiger partial charge in [-0.25, -0.2) is 0 Å². The SMILES string of the molecule is O=C(CN1C(=O)Cc2ccccc21)N=Nc1c(O)[nH]c2ccccc12. The molecule has 2 N–H and O–H groups in total. The van der Waals surface area contributed by atoms with Crippen LogP contribution in [0.3, 0.4) is 0 Å². The number of nitrogens with zero attached hydrogens (tertiary/aromatic N) is 3. The Balaban J connectivity index is 1.55. The molecule has 1 aliphatic rings. The van der Waals surface area contributed by atoms with Crippen molar-refractivity contribution in [3.8, 4) is 5.88 Å². The zero-order chi connectivity index (χ0) is 17.4. The first-order chi connectivity index (χ1) is 12.1. The van der Waals surface area contributed by atoms with Crippen molar-refractivity contribution < 1.29 is 14.7 Å². The molecule has 0 atom stereocenters. The highest BCUT2D eigenvalue weighted by atomic mass is 16.3. The average Bonchev–Trinajstić information content (AvgIpc) is 3.09. The van der Waals surface area contributed by atoms with Gasteiger partial charge in [-0.15, -0.1) is 10.2 Å². The molecule has 0 saturated heterocycles. The van der Waals surface area contributed by atoms with Gasteiger partial charge >= 0.3 is 0 Å². The highest BCUT2D eigenvalue weighted by molar-refractivity contribution is 6.05. The van der Waals surface area contributed by atoms with E-state index < -0.39 is 5.91 Å². The standard InChI is InChI=1S/C18H14N4O3/c23-15(10-22-14-8-4-1-5-11(14)9-16(22)24)20-21-17-12-6-2-3-7-13(12)19-18(17)25/h1-8,19,25H,9-10H2. The number of rotatable bonds is 3. The number of anilines is 1. The van der Waals surface area contributed by atoms with Crippen LogP contribution in [-0.2, 0) is 16.0 Å². The second-order valence-electron chi connectivity index (χ2n) is 5.75. The second-order valence-corrected chi connectivity index (χ2v) is 5.75. The normalized spacial score (nSPS) is 13.8. The molecular weight excluding hydrogens is 320 g/mol. The Labute approximate surface area is 142 Å². The van der Waals surface area contributed by atoms with Crippen LogP contribution < -0.4 is 4.90 Å². The number of aromatic hydroxyl groups is 1. The molecule has 4 rings (SSSR count). The molecule has 2 heterocycles. The van der Waals surface area contributed by atoms with Crippen LogP contribution in [0.4, 0.5) is 11.4 Å². The monoisotopic (exact) mass is 334 g/mol. The van der Waals surface area contributed by atoms with Crippen LogP contribution in [-0.4, -0.2) is 28.4 Å². The molecule has 124 valence electrons. The number of aromatic nitrogens is 1. The lowest BCUT2D eigenvalue weighted by atomic mass is 10.2.